The minimum Gasteiger partial charge on any atom is -0.295 e. The Labute approximate surface area is 165 Å². The smallest absolute Gasteiger partial charge is 0.145 e. The number of benzene rings is 2. The van der Waals surface area contributed by atoms with Crippen LogP contribution >= 0.6 is 0 Å². The summed E-state index contributed by atoms with van der Waals surface area (Å²) in [7, 11) is 0. The van der Waals surface area contributed by atoms with Crippen LogP contribution in [-0.4, -0.2) is 9.38 Å². The topological polar surface area (TPSA) is 17.3 Å². The zero-order valence-corrected chi connectivity index (χ0v) is 16.8. The number of aryl methyl sites for hydroxylation is 2. The van der Waals surface area contributed by atoms with Crippen molar-refractivity contribution in [3.8, 4) is 0 Å². The molecule has 1 aliphatic heterocycles. The van der Waals surface area contributed by atoms with E-state index in [-0.39, 0.29) is 0 Å². The number of pyridine rings is 1. The summed E-state index contributed by atoms with van der Waals surface area (Å²) in [5.41, 5.74) is 9.17. The van der Waals surface area contributed by atoms with Crippen LogP contribution < -0.4 is 0 Å². The average Bonchev–Trinajstić information content (AvgIpc) is 3.31. The van der Waals surface area contributed by atoms with Crippen molar-refractivity contribution < 1.29 is 0 Å². The van der Waals surface area contributed by atoms with Crippen LogP contribution in [0.3, 0.4) is 0 Å². The van der Waals surface area contributed by atoms with Gasteiger partial charge in [-0.25, -0.2) is 4.98 Å². The second kappa shape index (κ2) is 4.79. The van der Waals surface area contributed by atoms with E-state index in [9.17, 15) is 0 Å². The van der Waals surface area contributed by atoms with Gasteiger partial charge in [0, 0.05) is 27.8 Å². The number of rotatable bonds is 0. The Morgan fingerprint density at radius 3 is 2.46 bits per heavy atom. The molecule has 2 aromatic carbocycles. The third kappa shape index (κ3) is 1.44. The molecule has 3 heterocycles. The molecular formula is C26H26N2. The maximum Gasteiger partial charge on any atom is 0.145 e. The molecule has 2 aromatic heterocycles. The molecule has 2 saturated carbocycles. The summed E-state index contributed by atoms with van der Waals surface area (Å²) < 4.78 is 2.60. The predicted octanol–water partition coefficient (Wildman–Crippen LogP) is 6.50. The highest BCUT2D eigenvalue weighted by molar-refractivity contribution is 6.15. The van der Waals surface area contributed by atoms with Gasteiger partial charge >= 0.3 is 0 Å². The summed E-state index contributed by atoms with van der Waals surface area (Å²) in [6.07, 6.45) is 11.7. The van der Waals surface area contributed by atoms with Gasteiger partial charge in [0.15, 0.2) is 0 Å². The number of aromatic nitrogens is 2. The molecular weight excluding hydrogens is 340 g/mol. The van der Waals surface area contributed by atoms with Gasteiger partial charge in [0.2, 0.25) is 0 Å². The van der Waals surface area contributed by atoms with Crippen LogP contribution in [0.4, 0.5) is 0 Å². The first-order chi connectivity index (χ1) is 13.7. The Morgan fingerprint density at radius 2 is 1.57 bits per heavy atom. The fourth-order valence-electron chi connectivity index (χ4n) is 7.70. The van der Waals surface area contributed by atoms with Crippen molar-refractivity contribution in [1.82, 2.24) is 9.38 Å². The summed E-state index contributed by atoms with van der Waals surface area (Å²) >= 11 is 0. The van der Waals surface area contributed by atoms with Crippen LogP contribution in [0.25, 0.3) is 27.3 Å². The number of imidazole rings is 1. The number of nitrogens with zero attached hydrogens (tertiary/aromatic N) is 2. The summed E-state index contributed by atoms with van der Waals surface area (Å²) in [6, 6.07) is 11.7. The minimum absolute atomic E-state index is 0.302. The van der Waals surface area contributed by atoms with E-state index < -0.39 is 0 Å². The van der Waals surface area contributed by atoms with Gasteiger partial charge in [-0.1, -0.05) is 49.6 Å². The largest absolute Gasteiger partial charge is 0.295 e. The molecule has 2 fully saturated rings. The second-order valence-corrected chi connectivity index (χ2v) is 9.68. The van der Waals surface area contributed by atoms with Crippen LogP contribution in [0.15, 0.2) is 36.5 Å². The fourth-order valence-corrected chi connectivity index (χ4v) is 7.70. The van der Waals surface area contributed by atoms with E-state index in [0.29, 0.717) is 10.8 Å². The van der Waals surface area contributed by atoms with Gasteiger partial charge in [-0.05, 0) is 61.6 Å². The van der Waals surface area contributed by atoms with Gasteiger partial charge in [-0.2, -0.15) is 0 Å². The number of hydrogen-bond acceptors (Lipinski definition) is 1. The van der Waals surface area contributed by atoms with Gasteiger partial charge in [-0.15, -0.1) is 0 Å². The molecule has 0 saturated heterocycles. The van der Waals surface area contributed by atoms with Crippen molar-refractivity contribution in [3.63, 3.8) is 0 Å². The Bertz CT molecular complexity index is 1330. The van der Waals surface area contributed by atoms with Gasteiger partial charge in [0.25, 0.3) is 0 Å². The van der Waals surface area contributed by atoms with Crippen molar-refractivity contribution in [2.75, 3.05) is 0 Å². The third-order valence-corrected chi connectivity index (χ3v) is 8.72. The first-order valence-corrected chi connectivity index (χ1v) is 11.0. The molecule has 2 heteroatoms. The van der Waals surface area contributed by atoms with E-state index in [1.54, 1.807) is 5.56 Å². The molecule has 3 aliphatic rings. The molecule has 2 atom stereocenters. The van der Waals surface area contributed by atoms with Crippen molar-refractivity contribution in [2.45, 2.75) is 69.6 Å². The molecule has 140 valence electrons. The number of hydrogen-bond donors (Lipinski definition) is 0. The molecule has 4 aromatic rings. The van der Waals surface area contributed by atoms with Gasteiger partial charge in [0.1, 0.15) is 5.65 Å². The lowest BCUT2D eigenvalue weighted by molar-refractivity contribution is 0.162. The van der Waals surface area contributed by atoms with Crippen molar-refractivity contribution >= 4 is 27.3 Å². The van der Waals surface area contributed by atoms with Crippen molar-refractivity contribution in [2.24, 2.45) is 0 Å². The molecule has 2 unspecified atom stereocenters. The molecule has 7 rings (SSSR count). The van der Waals surface area contributed by atoms with E-state index in [4.69, 9.17) is 4.98 Å². The summed E-state index contributed by atoms with van der Waals surface area (Å²) in [5, 5.41) is 4.19. The maximum atomic E-state index is 5.10. The molecule has 0 N–H and O–H groups in total. The zero-order valence-electron chi connectivity index (χ0n) is 16.8. The second-order valence-electron chi connectivity index (χ2n) is 9.68. The Hall–Kier alpha value is -2.35. The predicted molar refractivity (Wildman–Crippen MR) is 115 cm³/mol. The first-order valence-electron chi connectivity index (χ1n) is 11.0. The Morgan fingerprint density at radius 1 is 0.821 bits per heavy atom. The van der Waals surface area contributed by atoms with Gasteiger partial charge in [-0.3, -0.25) is 4.40 Å². The Balaban J connectivity index is 1.84. The third-order valence-electron chi connectivity index (χ3n) is 8.72. The average molecular weight is 367 g/mol. The SMILES string of the molecule is Cc1cccc2c1c1ncc3n1c1c(ccc(C)c21)C12CCCCC31CCC2. The summed E-state index contributed by atoms with van der Waals surface area (Å²) in [5.74, 6) is 0. The summed E-state index contributed by atoms with van der Waals surface area (Å²) in [6.45, 7) is 4.53. The highest BCUT2D eigenvalue weighted by atomic mass is 15.1. The Kier molecular flexibility index (Phi) is 2.66. The standard InChI is InChI=1S/C26H26N2/c1-16-7-5-8-18-21-17(2)9-10-19-23(21)28-20(15-27-24(28)22(16)18)26-12-4-3-11-25(19,26)13-6-14-26/h5,7-10,15H,3-4,6,11-14H2,1-2H3. The van der Waals surface area contributed by atoms with Gasteiger partial charge in [0.05, 0.1) is 11.2 Å². The minimum atomic E-state index is 0.302. The lowest BCUT2D eigenvalue weighted by Crippen LogP contribution is -2.50. The molecule has 0 radical (unpaired) electrons. The van der Waals surface area contributed by atoms with Crippen molar-refractivity contribution in [3.05, 3.63) is 58.9 Å². The molecule has 0 amide bonds. The van der Waals surface area contributed by atoms with Crippen LogP contribution in [0.5, 0.6) is 0 Å². The molecule has 2 aliphatic carbocycles. The summed E-state index contributed by atoms with van der Waals surface area (Å²) in [4.78, 5) is 5.10. The number of fused-ring (bicyclic) bond motifs is 3. The fraction of sp³-hybridized carbons (Fsp3) is 0.423. The molecule has 2 nitrogen and oxygen atoms in total. The van der Waals surface area contributed by atoms with Gasteiger partial charge < -0.3 is 0 Å². The van der Waals surface area contributed by atoms with E-state index in [2.05, 4.69) is 54.8 Å². The highest BCUT2D eigenvalue weighted by Gasteiger charge is 2.60. The lowest BCUT2D eigenvalue weighted by Gasteiger charge is -2.53. The molecule has 28 heavy (non-hydrogen) atoms. The van der Waals surface area contributed by atoms with Crippen LogP contribution in [-0.2, 0) is 10.8 Å². The molecule has 0 bridgehead atoms. The zero-order chi connectivity index (χ0) is 18.7. The van der Waals surface area contributed by atoms with E-state index in [1.165, 1.54) is 89.1 Å². The van der Waals surface area contributed by atoms with Crippen molar-refractivity contribution in [1.29, 1.82) is 0 Å². The van der Waals surface area contributed by atoms with Crippen LogP contribution in [0, 0.1) is 13.8 Å². The van der Waals surface area contributed by atoms with E-state index >= 15 is 0 Å². The van der Waals surface area contributed by atoms with E-state index in [0.717, 1.165) is 0 Å². The first kappa shape index (κ1) is 15.6. The molecule has 0 spiro atoms. The monoisotopic (exact) mass is 366 g/mol. The van der Waals surface area contributed by atoms with Crippen LogP contribution in [0.1, 0.15) is 67.3 Å². The normalized spacial score (nSPS) is 28.4. The van der Waals surface area contributed by atoms with Crippen LogP contribution in [0.2, 0.25) is 0 Å². The highest BCUT2D eigenvalue weighted by Crippen LogP contribution is 2.65. The van der Waals surface area contributed by atoms with E-state index in [1.807, 2.05) is 0 Å². The maximum absolute atomic E-state index is 5.10. The quantitative estimate of drug-likeness (QED) is 0.324. The lowest BCUT2D eigenvalue weighted by atomic mass is 9.52.